The van der Waals surface area contributed by atoms with Gasteiger partial charge in [0.2, 0.25) is 5.91 Å². The highest BCUT2D eigenvalue weighted by Gasteiger charge is 2.22. The molecule has 2 N–H and O–H groups in total. The van der Waals surface area contributed by atoms with Crippen LogP contribution < -0.4 is 10.6 Å². The van der Waals surface area contributed by atoms with Crippen molar-refractivity contribution in [3.63, 3.8) is 0 Å². The molecular weight excluding hydrogens is 216 g/mol. The first-order valence-electron chi connectivity index (χ1n) is 6.88. The van der Waals surface area contributed by atoms with Crippen LogP contribution in [-0.2, 0) is 9.53 Å². The molecule has 98 valence electrons. The van der Waals surface area contributed by atoms with E-state index in [0.717, 1.165) is 32.4 Å². The summed E-state index contributed by atoms with van der Waals surface area (Å²) in [6, 6.07) is 0.390. The summed E-state index contributed by atoms with van der Waals surface area (Å²) in [6.07, 6.45) is 5.60. The van der Waals surface area contributed by atoms with E-state index >= 15 is 0 Å². The maximum absolute atomic E-state index is 11.9. The fourth-order valence-electron chi connectivity index (χ4n) is 2.60. The molecule has 4 heteroatoms. The topological polar surface area (TPSA) is 50.4 Å². The lowest BCUT2D eigenvalue weighted by Crippen LogP contribution is -2.40. The van der Waals surface area contributed by atoms with Gasteiger partial charge >= 0.3 is 0 Å². The number of hydrogen-bond donors (Lipinski definition) is 2. The second-order valence-electron chi connectivity index (χ2n) is 5.32. The van der Waals surface area contributed by atoms with Crippen molar-refractivity contribution in [3.05, 3.63) is 0 Å². The molecule has 0 aromatic rings. The lowest BCUT2D eigenvalue weighted by atomic mass is 10.1. The van der Waals surface area contributed by atoms with Gasteiger partial charge in [0.05, 0.1) is 6.61 Å². The van der Waals surface area contributed by atoms with Crippen LogP contribution >= 0.6 is 0 Å². The van der Waals surface area contributed by atoms with Crippen LogP contribution in [0.3, 0.4) is 0 Å². The Morgan fingerprint density at radius 1 is 1.41 bits per heavy atom. The van der Waals surface area contributed by atoms with Gasteiger partial charge in [-0.3, -0.25) is 4.79 Å². The van der Waals surface area contributed by atoms with Crippen LogP contribution in [-0.4, -0.2) is 37.7 Å². The molecule has 1 aliphatic carbocycles. The van der Waals surface area contributed by atoms with Gasteiger partial charge in [0.1, 0.15) is 6.10 Å². The van der Waals surface area contributed by atoms with Crippen LogP contribution in [0.15, 0.2) is 0 Å². The van der Waals surface area contributed by atoms with Crippen LogP contribution in [0.25, 0.3) is 0 Å². The van der Waals surface area contributed by atoms with Crippen molar-refractivity contribution in [2.45, 2.75) is 51.2 Å². The summed E-state index contributed by atoms with van der Waals surface area (Å²) < 4.78 is 5.65. The average Bonchev–Trinajstić information content (AvgIpc) is 2.98. The summed E-state index contributed by atoms with van der Waals surface area (Å²) in [5.74, 6) is 0.639. The number of carbonyl (C=O) groups is 1. The number of amides is 1. The highest BCUT2D eigenvalue weighted by atomic mass is 16.5. The molecule has 0 aromatic heterocycles. The molecule has 0 spiro atoms. The molecule has 17 heavy (non-hydrogen) atoms. The van der Waals surface area contributed by atoms with E-state index in [1.807, 2.05) is 6.92 Å². The van der Waals surface area contributed by atoms with Gasteiger partial charge in [-0.05, 0) is 38.6 Å². The van der Waals surface area contributed by atoms with Gasteiger partial charge in [0, 0.05) is 12.6 Å². The van der Waals surface area contributed by atoms with Crippen molar-refractivity contribution in [3.8, 4) is 0 Å². The van der Waals surface area contributed by atoms with Gasteiger partial charge < -0.3 is 15.4 Å². The fraction of sp³-hybridized carbons (Fsp3) is 0.923. The van der Waals surface area contributed by atoms with Gasteiger partial charge in [0.25, 0.3) is 0 Å². The zero-order valence-corrected chi connectivity index (χ0v) is 10.7. The van der Waals surface area contributed by atoms with Crippen molar-refractivity contribution in [2.75, 3.05) is 19.7 Å². The Hall–Kier alpha value is -0.610. The first kappa shape index (κ1) is 12.8. The Kier molecular flexibility index (Phi) is 4.80. The Balaban J connectivity index is 1.63. The normalized spacial score (nSPS) is 27.2. The molecule has 1 saturated carbocycles. The van der Waals surface area contributed by atoms with Crippen LogP contribution in [0.5, 0.6) is 0 Å². The lowest BCUT2D eigenvalue weighted by Gasteiger charge is -2.18. The average molecular weight is 240 g/mol. The molecule has 4 nitrogen and oxygen atoms in total. The summed E-state index contributed by atoms with van der Waals surface area (Å²) in [4.78, 5) is 11.9. The van der Waals surface area contributed by atoms with Gasteiger partial charge in [-0.15, -0.1) is 0 Å². The quantitative estimate of drug-likeness (QED) is 0.755. The molecule has 2 rings (SSSR count). The van der Waals surface area contributed by atoms with E-state index in [4.69, 9.17) is 4.74 Å². The third-order valence-corrected chi connectivity index (χ3v) is 3.82. The smallest absolute Gasteiger partial charge is 0.249 e. The van der Waals surface area contributed by atoms with E-state index in [1.165, 1.54) is 12.8 Å². The summed E-state index contributed by atoms with van der Waals surface area (Å²) in [7, 11) is 0. The molecule has 0 aromatic carbocycles. The summed E-state index contributed by atoms with van der Waals surface area (Å²) in [5, 5.41) is 6.38. The Bertz CT molecular complexity index is 246. The molecule has 0 bridgehead atoms. The van der Waals surface area contributed by atoms with E-state index in [2.05, 4.69) is 10.6 Å². The fourth-order valence-corrected chi connectivity index (χ4v) is 2.60. The van der Waals surface area contributed by atoms with Crippen molar-refractivity contribution < 1.29 is 9.53 Å². The van der Waals surface area contributed by atoms with Gasteiger partial charge in [-0.1, -0.05) is 12.8 Å². The van der Waals surface area contributed by atoms with Crippen molar-refractivity contribution in [1.82, 2.24) is 10.6 Å². The molecule has 1 amide bonds. The van der Waals surface area contributed by atoms with E-state index in [-0.39, 0.29) is 12.0 Å². The first-order valence-corrected chi connectivity index (χ1v) is 6.88. The third-order valence-electron chi connectivity index (χ3n) is 3.82. The second kappa shape index (κ2) is 6.36. The molecule has 1 saturated heterocycles. The molecule has 2 unspecified atom stereocenters. The van der Waals surface area contributed by atoms with E-state index < -0.39 is 0 Å². The standard InChI is InChI=1S/C13H24N2O2/c1-10(17-9-11-6-7-14-8-11)13(16)15-12-4-2-3-5-12/h10-12,14H,2-9H2,1H3,(H,15,16). The molecule has 0 radical (unpaired) electrons. The van der Waals surface area contributed by atoms with E-state index in [1.54, 1.807) is 0 Å². The number of ether oxygens (including phenoxy) is 1. The number of nitrogens with one attached hydrogen (secondary N) is 2. The largest absolute Gasteiger partial charge is 0.368 e. The summed E-state index contributed by atoms with van der Waals surface area (Å²) in [5.41, 5.74) is 0. The maximum Gasteiger partial charge on any atom is 0.249 e. The summed E-state index contributed by atoms with van der Waals surface area (Å²) in [6.45, 7) is 4.66. The zero-order valence-electron chi connectivity index (χ0n) is 10.7. The molecule has 2 aliphatic rings. The molecule has 1 heterocycles. The minimum Gasteiger partial charge on any atom is -0.368 e. The van der Waals surface area contributed by atoms with E-state index in [0.29, 0.717) is 18.6 Å². The monoisotopic (exact) mass is 240 g/mol. The van der Waals surface area contributed by atoms with Gasteiger partial charge in [0.15, 0.2) is 0 Å². The van der Waals surface area contributed by atoms with Gasteiger partial charge in [-0.25, -0.2) is 0 Å². The Morgan fingerprint density at radius 3 is 2.82 bits per heavy atom. The zero-order chi connectivity index (χ0) is 12.1. The predicted molar refractivity (Wildman–Crippen MR) is 66.8 cm³/mol. The van der Waals surface area contributed by atoms with Crippen molar-refractivity contribution in [2.24, 2.45) is 5.92 Å². The van der Waals surface area contributed by atoms with E-state index in [9.17, 15) is 4.79 Å². The van der Waals surface area contributed by atoms with Crippen LogP contribution in [0.1, 0.15) is 39.0 Å². The third kappa shape index (κ3) is 3.96. The minimum absolute atomic E-state index is 0.0582. The van der Waals surface area contributed by atoms with Crippen LogP contribution in [0, 0.1) is 5.92 Å². The number of hydrogen-bond acceptors (Lipinski definition) is 3. The van der Waals surface area contributed by atoms with Crippen LogP contribution in [0.2, 0.25) is 0 Å². The van der Waals surface area contributed by atoms with Crippen molar-refractivity contribution in [1.29, 1.82) is 0 Å². The minimum atomic E-state index is -0.309. The molecule has 2 atom stereocenters. The second-order valence-corrected chi connectivity index (χ2v) is 5.32. The summed E-state index contributed by atoms with van der Waals surface area (Å²) >= 11 is 0. The highest BCUT2D eigenvalue weighted by molar-refractivity contribution is 5.80. The first-order chi connectivity index (χ1) is 8.25. The van der Waals surface area contributed by atoms with Crippen LogP contribution in [0.4, 0.5) is 0 Å². The maximum atomic E-state index is 11.9. The highest BCUT2D eigenvalue weighted by Crippen LogP contribution is 2.18. The number of rotatable bonds is 5. The predicted octanol–water partition coefficient (Wildman–Crippen LogP) is 1.06. The Labute approximate surface area is 103 Å². The van der Waals surface area contributed by atoms with Crippen molar-refractivity contribution >= 4 is 5.91 Å². The molecule has 1 aliphatic heterocycles. The molecule has 2 fully saturated rings. The SMILES string of the molecule is CC(OCC1CCNC1)C(=O)NC1CCCC1. The van der Waals surface area contributed by atoms with Gasteiger partial charge in [-0.2, -0.15) is 0 Å². The lowest BCUT2D eigenvalue weighted by molar-refractivity contribution is -0.133. The molecular formula is C13H24N2O2. The Morgan fingerprint density at radius 2 is 2.18 bits per heavy atom. The number of carbonyl (C=O) groups excluding carboxylic acids is 1.